The molecule has 4 aromatic rings. The summed E-state index contributed by atoms with van der Waals surface area (Å²) in [7, 11) is 0. The number of hydrogen-bond acceptors (Lipinski definition) is 6. The van der Waals surface area contributed by atoms with E-state index in [0.29, 0.717) is 12.1 Å². The predicted molar refractivity (Wildman–Crippen MR) is 110 cm³/mol. The fourth-order valence-electron chi connectivity index (χ4n) is 3.22. The molecule has 1 heterocycles. The Balaban J connectivity index is 1.63. The van der Waals surface area contributed by atoms with Crippen LogP contribution in [0, 0.1) is 5.82 Å². The summed E-state index contributed by atoms with van der Waals surface area (Å²) in [4.78, 5) is 12.9. The quantitative estimate of drug-likeness (QED) is 0.327. The van der Waals surface area contributed by atoms with Gasteiger partial charge in [0.15, 0.2) is 17.2 Å². The Labute approximate surface area is 176 Å². The van der Waals surface area contributed by atoms with Crippen LogP contribution >= 0.6 is 0 Å². The van der Waals surface area contributed by atoms with Crippen LogP contribution in [0.4, 0.5) is 4.39 Å². The highest BCUT2D eigenvalue weighted by atomic mass is 19.1. The topological polar surface area (TPSA) is 108 Å². The van der Waals surface area contributed by atoms with Gasteiger partial charge in [0, 0.05) is 12.0 Å². The average Bonchev–Trinajstić information content (AvgIpc) is 3.24. The van der Waals surface area contributed by atoms with Gasteiger partial charge < -0.3 is 15.3 Å². The lowest BCUT2D eigenvalue weighted by molar-refractivity contribution is 0.103. The Morgan fingerprint density at radius 2 is 1.61 bits per heavy atom. The second-order valence-electron chi connectivity index (χ2n) is 7.05. The Hall–Kier alpha value is -4.20. The Morgan fingerprint density at radius 1 is 0.903 bits per heavy atom. The van der Waals surface area contributed by atoms with Gasteiger partial charge in [-0.3, -0.25) is 4.79 Å². The first kappa shape index (κ1) is 20.1. The zero-order valence-electron chi connectivity index (χ0n) is 16.2. The summed E-state index contributed by atoms with van der Waals surface area (Å²) in [6.45, 7) is 0.406. The summed E-state index contributed by atoms with van der Waals surface area (Å²) in [5.41, 5.74) is 1.57. The summed E-state index contributed by atoms with van der Waals surface area (Å²) in [6.07, 6.45) is 1.55. The standard InChI is InChI=1S/C23H18FN3O4/c24-17-8-6-14(7-9-17)10-16-11-18(22(30)23(31)20(16)28)21(29)19-13-27(26-25-19)12-15-4-2-1-3-5-15/h1-9,11,13,28,30-31H,10,12H2. The normalized spacial score (nSPS) is 10.9. The molecule has 0 aliphatic rings. The van der Waals surface area contributed by atoms with E-state index in [-0.39, 0.29) is 23.2 Å². The Morgan fingerprint density at radius 3 is 2.32 bits per heavy atom. The van der Waals surface area contributed by atoms with E-state index in [2.05, 4.69) is 10.3 Å². The fourth-order valence-corrected chi connectivity index (χ4v) is 3.22. The first-order chi connectivity index (χ1) is 14.9. The van der Waals surface area contributed by atoms with Crippen LogP contribution in [0.2, 0.25) is 0 Å². The van der Waals surface area contributed by atoms with E-state index in [1.54, 1.807) is 0 Å². The molecule has 0 bridgehead atoms. The zero-order chi connectivity index (χ0) is 22.0. The lowest BCUT2D eigenvalue weighted by atomic mass is 9.97. The van der Waals surface area contributed by atoms with Gasteiger partial charge in [-0.15, -0.1) is 5.10 Å². The maximum Gasteiger partial charge on any atom is 0.218 e. The molecule has 0 radical (unpaired) electrons. The number of hydrogen-bond donors (Lipinski definition) is 3. The van der Waals surface area contributed by atoms with Crippen LogP contribution in [0.15, 0.2) is 66.9 Å². The Kier molecular flexibility index (Phi) is 5.36. The molecule has 3 N–H and O–H groups in total. The number of carbonyl (C=O) groups excluding carboxylic acids is 1. The van der Waals surface area contributed by atoms with Gasteiger partial charge in [0.05, 0.1) is 18.3 Å². The highest BCUT2D eigenvalue weighted by Crippen LogP contribution is 2.41. The van der Waals surface area contributed by atoms with Crippen LogP contribution < -0.4 is 0 Å². The number of carbonyl (C=O) groups is 1. The van der Waals surface area contributed by atoms with Gasteiger partial charge in [-0.2, -0.15) is 0 Å². The van der Waals surface area contributed by atoms with E-state index in [1.807, 2.05) is 30.3 Å². The third-order valence-electron chi connectivity index (χ3n) is 4.84. The van der Waals surface area contributed by atoms with E-state index >= 15 is 0 Å². The zero-order valence-corrected chi connectivity index (χ0v) is 16.2. The lowest BCUT2D eigenvalue weighted by Crippen LogP contribution is -2.04. The van der Waals surface area contributed by atoms with Gasteiger partial charge in [0.1, 0.15) is 5.82 Å². The van der Waals surface area contributed by atoms with Crippen molar-refractivity contribution in [3.63, 3.8) is 0 Å². The number of aromatic nitrogens is 3. The second-order valence-corrected chi connectivity index (χ2v) is 7.05. The number of benzene rings is 3. The van der Waals surface area contributed by atoms with Crippen molar-refractivity contribution in [3.05, 3.63) is 101 Å². The van der Waals surface area contributed by atoms with Crippen LogP contribution in [0.1, 0.15) is 32.7 Å². The molecule has 4 rings (SSSR count). The first-order valence-corrected chi connectivity index (χ1v) is 9.42. The van der Waals surface area contributed by atoms with Gasteiger partial charge in [-0.25, -0.2) is 9.07 Å². The molecule has 0 saturated heterocycles. The molecule has 31 heavy (non-hydrogen) atoms. The molecule has 156 valence electrons. The number of phenols is 3. The highest BCUT2D eigenvalue weighted by Gasteiger charge is 2.24. The molecule has 8 heteroatoms. The van der Waals surface area contributed by atoms with Crippen LogP contribution in [0.25, 0.3) is 0 Å². The van der Waals surface area contributed by atoms with Gasteiger partial charge >= 0.3 is 0 Å². The summed E-state index contributed by atoms with van der Waals surface area (Å²) in [5, 5.41) is 38.4. The van der Waals surface area contributed by atoms with Crippen molar-refractivity contribution < 1.29 is 24.5 Å². The monoisotopic (exact) mass is 419 g/mol. The highest BCUT2D eigenvalue weighted by molar-refractivity contribution is 6.10. The average molecular weight is 419 g/mol. The van der Waals surface area contributed by atoms with Crippen molar-refractivity contribution in [1.29, 1.82) is 0 Å². The van der Waals surface area contributed by atoms with E-state index in [9.17, 15) is 24.5 Å². The molecular formula is C23H18FN3O4. The molecule has 0 aliphatic heterocycles. The Bertz CT molecular complexity index is 1240. The molecule has 0 fully saturated rings. The maximum atomic E-state index is 13.1. The van der Waals surface area contributed by atoms with Gasteiger partial charge in [-0.1, -0.05) is 47.7 Å². The van der Waals surface area contributed by atoms with E-state index in [0.717, 1.165) is 5.56 Å². The van der Waals surface area contributed by atoms with Crippen molar-refractivity contribution in [2.24, 2.45) is 0 Å². The van der Waals surface area contributed by atoms with Gasteiger partial charge in [0.25, 0.3) is 0 Å². The number of ketones is 1. The van der Waals surface area contributed by atoms with E-state index < -0.39 is 28.8 Å². The van der Waals surface area contributed by atoms with Crippen molar-refractivity contribution in [1.82, 2.24) is 15.0 Å². The molecule has 0 spiro atoms. The molecule has 7 nitrogen and oxygen atoms in total. The molecule has 3 aromatic carbocycles. The number of aromatic hydroxyl groups is 3. The minimum absolute atomic E-state index is 0.0240. The maximum absolute atomic E-state index is 13.1. The van der Waals surface area contributed by atoms with E-state index in [1.165, 1.54) is 41.2 Å². The molecule has 0 aliphatic carbocycles. The molecule has 1 aromatic heterocycles. The minimum Gasteiger partial charge on any atom is -0.504 e. The van der Waals surface area contributed by atoms with Crippen LogP contribution in [0.5, 0.6) is 17.2 Å². The third-order valence-corrected chi connectivity index (χ3v) is 4.84. The SMILES string of the molecule is O=C(c1cn(Cc2ccccc2)nn1)c1cc(Cc2ccc(F)cc2)c(O)c(O)c1O. The summed E-state index contributed by atoms with van der Waals surface area (Å²) in [6, 6.07) is 16.4. The number of nitrogens with zero attached hydrogens (tertiary/aromatic N) is 3. The summed E-state index contributed by atoms with van der Waals surface area (Å²) >= 11 is 0. The van der Waals surface area contributed by atoms with Crippen molar-refractivity contribution in [2.45, 2.75) is 13.0 Å². The molecular weight excluding hydrogens is 401 g/mol. The second kappa shape index (κ2) is 8.27. The number of phenolic OH excluding ortho intramolecular Hbond substituents is 3. The van der Waals surface area contributed by atoms with Gasteiger partial charge in [0.2, 0.25) is 11.5 Å². The summed E-state index contributed by atoms with van der Waals surface area (Å²) in [5.74, 6) is -3.17. The predicted octanol–water partition coefficient (Wildman–Crippen LogP) is 3.40. The van der Waals surface area contributed by atoms with Crippen LogP contribution in [0.3, 0.4) is 0 Å². The molecule has 0 amide bonds. The van der Waals surface area contributed by atoms with Crippen molar-refractivity contribution in [3.8, 4) is 17.2 Å². The molecule has 0 saturated carbocycles. The van der Waals surface area contributed by atoms with Crippen LogP contribution in [-0.2, 0) is 13.0 Å². The molecule has 0 unspecified atom stereocenters. The largest absolute Gasteiger partial charge is 0.504 e. The van der Waals surface area contributed by atoms with Crippen LogP contribution in [-0.4, -0.2) is 36.1 Å². The smallest absolute Gasteiger partial charge is 0.218 e. The van der Waals surface area contributed by atoms with Crippen molar-refractivity contribution in [2.75, 3.05) is 0 Å². The minimum atomic E-state index is -0.806. The third kappa shape index (κ3) is 4.23. The lowest BCUT2D eigenvalue weighted by Gasteiger charge is -2.11. The van der Waals surface area contributed by atoms with Gasteiger partial charge in [-0.05, 0) is 29.3 Å². The van der Waals surface area contributed by atoms with E-state index in [4.69, 9.17) is 0 Å². The number of rotatable bonds is 6. The summed E-state index contributed by atoms with van der Waals surface area (Å²) < 4.78 is 14.6. The first-order valence-electron chi connectivity index (χ1n) is 9.42. The number of halogens is 1. The molecule has 0 atom stereocenters. The van der Waals surface area contributed by atoms with Crippen molar-refractivity contribution >= 4 is 5.78 Å². The fraction of sp³-hybridized carbons (Fsp3) is 0.0870.